The number of nitrogens with one attached hydrogen (secondary N) is 1. The highest BCUT2D eigenvalue weighted by molar-refractivity contribution is 5.97. The molecule has 0 bridgehead atoms. The number of carbonyl (C=O) groups is 1. The smallest absolute Gasteiger partial charge is 0.334 e. The third-order valence-corrected chi connectivity index (χ3v) is 4.91. The van der Waals surface area contributed by atoms with Gasteiger partial charge in [0.05, 0.1) is 11.0 Å². The molecule has 10 heteroatoms. The fraction of sp³-hybridized carbons (Fsp3) is 0.579. The molecule has 5 nitrogen and oxygen atoms in total. The first-order valence-corrected chi connectivity index (χ1v) is 9.35. The molecule has 0 aliphatic carbocycles. The summed E-state index contributed by atoms with van der Waals surface area (Å²) in [6.07, 6.45) is -2.84. The Labute approximate surface area is 180 Å². The number of aromatic nitrogens is 2. The van der Waals surface area contributed by atoms with E-state index in [0.717, 1.165) is 25.9 Å². The second kappa shape index (κ2) is 10.00. The van der Waals surface area contributed by atoms with Gasteiger partial charge in [-0.25, -0.2) is 4.98 Å². The Balaban J connectivity index is 0.00000210. The summed E-state index contributed by atoms with van der Waals surface area (Å²) < 4.78 is 41.3. The van der Waals surface area contributed by atoms with Crippen molar-refractivity contribution in [2.45, 2.75) is 51.9 Å². The monoisotopic (exact) mass is 454 g/mol. The van der Waals surface area contributed by atoms with E-state index in [2.05, 4.69) is 10.3 Å². The van der Waals surface area contributed by atoms with Crippen molar-refractivity contribution in [3.8, 4) is 0 Å². The number of carbonyl (C=O) groups excluding carboxylic acids is 1. The highest BCUT2D eigenvalue weighted by Gasteiger charge is 2.38. The molecule has 1 atom stereocenters. The van der Waals surface area contributed by atoms with Crippen molar-refractivity contribution in [1.29, 1.82) is 0 Å². The Kier molecular flexibility index (Phi) is 8.80. The summed E-state index contributed by atoms with van der Waals surface area (Å²) in [5, 5.41) is 3.25. The number of fused-ring (bicyclic) bond motifs is 1. The molecule has 1 aromatic carbocycles. The van der Waals surface area contributed by atoms with Gasteiger partial charge in [0.25, 0.3) is 5.91 Å². The number of amides is 1. The minimum absolute atomic E-state index is 0. The van der Waals surface area contributed by atoms with Gasteiger partial charge >= 0.3 is 6.18 Å². The maximum absolute atomic E-state index is 13.4. The molecule has 0 saturated carbocycles. The third kappa shape index (κ3) is 5.16. The van der Waals surface area contributed by atoms with Crippen LogP contribution in [0.15, 0.2) is 18.2 Å². The Bertz CT molecular complexity index is 833. The number of alkyl halides is 3. The number of rotatable bonds is 5. The van der Waals surface area contributed by atoms with Gasteiger partial charge in [-0.15, -0.1) is 24.8 Å². The maximum Gasteiger partial charge on any atom is 0.449 e. The standard InChI is InChI=1S/C19H25F3N4O.2ClH/c1-4-9-25(14-7-8-23-11-14)17(27)13-5-6-16-15(10-13)24-18(19(20,21)22)26(16)12(2)3;;/h5-6,10,12,14,23H,4,7-9,11H2,1-3H3;2*1H. The van der Waals surface area contributed by atoms with E-state index in [1.54, 1.807) is 26.0 Å². The zero-order chi connectivity index (χ0) is 19.8. The number of benzene rings is 1. The topological polar surface area (TPSA) is 50.2 Å². The van der Waals surface area contributed by atoms with Gasteiger partial charge in [-0.3, -0.25) is 4.79 Å². The summed E-state index contributed by atoms with van der Waals surface area (Å²) in [5.74, 6) is -1.08. The quantitative estimate of drug-likeness (QED) is 0.712. The third-order valence-electron chi connectivity index (χ3n) is 4.91. The van der Waals surface area contributed by atoms with Gasteiger partial charge in [-0.1, -0.05) is 6.92 Å². The summed E-state index contributed by atoms with van der Waals surface area (Å²) >= 11 is 0. The molecule has 1 unspecified atom stereocenters. The lowest BCUT2D eigenvalue weighted by atomic mass is 10.1. The first kappa shape index (κ1) is 25.5. The van der Waals surface area contributed by atoms with E-state index in [1.807, 2.05) is 11.8 Å². The van der Waals surface area contributed by atoms with Gasteiger partial charge in [0, 0.05) is 30.7 Å². The molecule has 2 heterocycles. The molecule has 1 aliphatic heterocycles. The number of halogens is 5. The Morgan fingerprint density at radius 3 is 2.55 bits per heavy atom. The molecule has 1 fully saturated rings. The highest BCUT2D eigenvalue weighted by Crippen LogP contribution is 2.34. The number of imidazole rings is 1. The fourth-order valence-corrected chi connectivity index (χ4v) is 3.72. The zero-order valence-corrected chi connectivity index (χ0v) is 18.3. The molecule has 1 amide bonds. The predicted molar refractivity (Wildman–Crippen MR) is 112 cm³/mol. The van der Waals surface area contributed by atoms with Crippen molar-refractivity contribution < 1.29 is 18.0 Å². The molecule has 1 aliphatic rings. The minimum Gasteiger partial charge on any atom is -0.334 e. The minimum atomic E-state index is -4.54. The van der Waals surface area contributed by atoms with Crippen LogP contribution in [0.2, 0.25) is 0 Å². The predicted octanol–water partition coefficient (Wildman–Crippen LogP) is 4.69. The molecule has 1 aromatic heterocycles. The van der Waals surface area contributed by atoms with Crippen molar-refractivity contribution in [1.82, 2.24) is 19.8 Å². The first-order valence-electron chi connectivity index (χ1n) is 9.35. The van der Waals surface area contributed by atoms with E-state index in [1.165, 1.54) is 10.6 Å². The molecule has 29 heavy (non-hydrogen) atoms. The average Bonchev–Trinajstić information content (AvgIpc) is 3.25. The molecule has 1 saturated heterocycles. The second-order valence-electron chi connectivity index (χ2n) is 7.25. The van der Waals surface area contributed by atoms with Crippen LogP contribution in [0.5, 0.6) is 0 Å². The molecule has 0 spiro atoms. The van der Waals surface area contributed by atoms with Crippen molar-refractivity contribution in [2.24, 2.45) is 0 Å². The van der Waals surface area contributed by atoms with Crippen molar-refractivity contribution in [2.75, 3.05) is 19.6 Å². The average molecular weight is 455 g/mol. The summed E-state index contributed by atoms with van der Waals surface area (Å²) in [7, 11) is 0. The van der Waals surface area contributed by atoms with E-state index in [0.29, 0.717) is 17.6 Å². The first-order chi connectivity index (χ1) is 12.7. The lowest BCUT2D eigenvalue weighted by Gasteiger charge is -2.28. The van der Waals surface area contributed by atoms with E-state index in [4.69, 9.17) is 0 Å². The Hall–Kier alpha value is -1.51. The molecule has 1 N–H and O–H groups in total. The van der Waals surface area contributed by atoms with Gasteiger partial charge in [0.2, 0.25) is 5.82 Å². The van der Waals surface area contributed by atoms with Gasteiger partial charge in [0.1, 0.15) is 0 Å². The van der Waals surface area contributed by atoms with Gasteiger partial charge in [-0.05, 0) is 51.4 Å². The summed E-state index contributed by atoms with van der Waals surface area (Å²) in [6.45, 7) is 7.61. The number of hydrogen-bond donors (Lipinski definition) is 1. The Morgan fingerprint density at radius 2 is 2.03 bits per heavy atom. The van der Waals surface area contributed by atoms with Crippen molar-refractivity contribution in [3.63, 3.8) is 0 Å². The lowest BCUT2D eigenvalue weighted by Crippen LogP contribution is -2.42. The van der Waals surface area contributed by atoms with Gasteiger partial charge in [0.15, 0.2) is 0 Å². The maximum atomic E-state index is 13.4. The van der Waals surface area contributed by atoms with Crippen LogP contribution in [0.3, 0.4) is 0 Å². The van der Waals surface area contributed by atoms with Crippen molar-refractivity contribution in [3.05, 3.63) is 29.6 Å². The fourth-order valence-electron chi connectivity index (χ4n) is 3.72. The zero-order valence-electron chi connectivity index (χ0n) is 16.6. The van der Waals surface area contributed by atoms with Crippen LogP contribution in [0, 0.1) is 0 Å². The molecule has 164 valence electrons. The number of hydrogen-bond acceptors (Lipinski definition) is 3. The van der Waals surface area contributed by atoms with Gasteiger partial charge < -0.3 is 14.8 Å². The molecular weight excluding hydrogens is 428 g/mol. The van der Waals surface area contributed by atoms with Crippen molar-refractivity contribution >= 4 is 41.8 Å². The molecule has 0 radical (unpaired) electrons. The highest BCUT2D eigenvalue weighted by atomic mass is 35.5. The largest absolute Gasteiger partial charge is 0.449 e. The van der Waals surface area contributed by atoms with E-state index >= 15 is 0 Å². The van der Waals surface area contributed by atoms with Gasteiger partial charge in [-0.2, -0.15) is 13.2 Å². The van der Waals surface area contributed by atoms with Crippen LogP contribution >= 0.6 is 24.8 Å². The number of nitrogens with zero attached hydrogens (tertiary/aromatic N) is 3. The Morgan fingerprint density at radius 1 is 1.34 bits per heavy atom. The summed E-state index contributed by atoms with van der Waals surface area (Å²) in [5.41, 5.74) is 0.964. The van der Waals surface area contributed by atoms with Crippen LogP contribution in [-0.4, -0.2) is 46.0 Å². The normalized spacial score (nSPS) is 16.6. The van der Waals surface area contributed by atoms with Crippen LogP contribution < -0.4 is 5.32 Å². The van der Waals surface area contributed by atoms with Crippen LogP contribution in [0.1, 0.15) is 55.8 Å². The summed E-state index contributed by atoms with van der Waals surface area (Å²) in [4.78, 5) is 18.7. The lowest BCUT2D eigenvalue weighted by molar-refractivity contribution is -0.147. The second-order valence-corrected chi connectivity index (χ2v) is 7.25. The van der Waals surface area contributed by atoms with Crippen LogP contribution in [-0.2, 0) is 6.18 Å². The van der Waals surface area contributed by atoms with Crippen LogP contribution in [0.25, 0.3) is 11.0 Å². The van der Waals surface area contributed by atoms with E-state index < -0.39 is 18.0 Å². The van der Waals surface area contributed by atoms with E-state index in [-0.39, 0.29) is 42.3 Å². The summed E-state index contributed by atoms with van der Waals surface area (Å²) in [6, 6.07) is 4.39. The van der Waals surface area contributed by atoms with Crippen LogP contribution in [0.4, 0.5) is 13.2 Å². The van der Waals surface area contributed by atoms with E-state index in [9.17, 15) is 18.0 Å². The molecular formula is C19H27Cl2F3N4O. The molecule has 3 rings (SSSR count). The molecule has 2 aromatic rings. The SMILES string of the molecule is CCCN(C(=O)c1ccc2c(c1)nc(C(F)(F)F)n2C(C)C)C1CCNC1.Cl.Cl.